The van der Waals surface area contributed by atoms with Crippen LogP contribution in [0.1, 0.15) is 29.3 Å². The summed E-state index contributed by atoms with van der Waals surface area (Å²) in [5, 5.41) is 2.69. The summed E-state index contributed by atoms with van der Waals surface area (Å²) in [7, 11) is -4.14. The zero-order valence-corrected chi connectivity index (χ0v) is 17.7. The summed E-state index contributed by atoms with van der Waals surface area (Å²) >= 11 is 0. The van der Waals surface area contributed by atoms with E-state index in [0.717, 1.165) is 4.31 Å². The third kappa shape index (κ3) is 4.98. The Bertz CT molecular complexity index is 1040. The molecule has 0 atom stereocenters. The molecule has 1 N–H and O–H groups in total. The summed E-state index contributed by atoms with van der Waals surface area (Å²) in [5.41, 5.74) is 0.794. The Morgan fingerprint density at radius 3 is 2.14 bits per heavy atom. The Morgan fingerprint density at radius 1 is 0.964 bits per heavy atom. The van der Waals surface area contributed by atoms with Gasteiger partial charge in [-0.05, 0) is 36.2 Å². The van der Waals surface area contributed by atoms with Crippen LogP contribution in [0.15, 0.2) is 58.3 Å². The van der Waals surface area contributed by atoms with Crippen molar-refractivity contribution < 1.29 is 21.6 Å². The van der Waals surface area contributed by atoms with Gasteiger partial charge >= 0.3 is 0 Å². The van der Waals surface area contributed by atoms with Gasteiger partial charge in [0.15, 0.2) is 9.84 Å². The number of benzene rings is 2. The monoisotopic (exact) mass is 424 g/mol. The predicted molar refractivity (Wildman–Crippen MR) is 107 cm³/mol. The third-order valence-corrected chi connectivity index (χ3v) is 7.90. The van der Waals surface area contributed by atoms with Crippen molar-refractivity contribution in [2.45, 2.75) is 29.7 Å². The molecule has 0 radical (unpaired) electrons. The highest BCUT2D eigenvalue weighted by molar-refractivity contribution is 7.91. The smallest absolute Gasteiger partial charge is 0.252 e. The fourth-order valence-corrected chi connectivity index (χ4v) is 5.01. The standard InChI is InChI=1S/C19H24N2O5S2/c1-4-13-27(23,24)18-8-6-5-7-17(18)19(22)20-14-15-9-11-16(12-10-15)28(25,26)21(2)3/h5-12H,4,13-14H2,1-3H3,(H,20,22). The van der Waals surface area contributed by atoms with E-state index in [1.807, 2.05) is 0 Å². The van der Waals surface area contributed by atoms with Crippen LogP contribution in [0.25, 0.3) is 0 Å². The van der Waals surface area contributed by atoms with E-state index in [1.165, 1.54) is 38.4 Å². The number of hydrogen-bond acceptors (Lipinski definition) is 5. The Kier molecular flexibility index (Phi) is 6.97. The van der Waals surface area contributed by atoms with Crippen LogP contribution < -0.4 is 5.32 Å². The molecule has 0 saturated carbocycles. The van der Waals surface area contributed by atoms with E-state index < -0.39 is 25.8 Å². The molecule has 1 amide bonds. The molecule has 9 heteroatoms. The number of sulfone groups is 1. The molecular weight excluding hydrogens is 400 g/mol. The lowest BCUT2D eigenvalue weighted by Crippen LogP contribution is -2.25. The van der Waals surface area contributed by atoms with Crippen molar-refractivity contribution in [1.82, 2.24) is 9.62 Å². The highest BCUT2D eigenvalue weighted by Crippen LogP contribution is 2.18. The lowest BCUT2D eigenvalue weighted by Gasteiger charge is -2.12. The van der Waals surface area contributed by atoms with Crippen molar-refractivity contribution in [1.29, 1.82) is 0 Å². The number of rotatable bonds is 8. The lowest BCUT2D eigenvalue weighted by molar-refractivity contribution is 0.0947. The summed E-state index contributed by atoms with van der Waals surface area (Å²) in [6.07, 6.45) is 0.459. The largest absolute Gasteiger partial charge is 0.348 e. The molecule has 0 aromatic heterocycles. The van der Waals surface area contributed by atoms with E-state index in [1.54, 1.807) is 31.2 Å². The molecule has 28 heavy (non-hydrogen) atoms. The first kappa shape index (κ1) is 22.1. The van der Waals surface area contributed by atoms with Gasteiger partial charge in [0.25, 0.3) is 5.91 Å². The maximum Gasteiger partial charge on any atom is 0.252 e. The second kappa shape index (κ2) is 8.85. The third-order valence-electron chi connectivity index (χ3n) is 4.09. The zero-order valence-electron chi connectivity index (χ0n) is 16.0. The number of nitrogens with zero attached hydrogens (tertiary/aromatic N) is 1. The maximum atomic E-state index is 12.5. The van der Waals surface area contributed by atoms with Crippen molar-refractivity contribution in [2.75, 3.05) is 19.8 Å². The van der Waals surface area contributed by atoms with Gasteiger partial charge in [0.05, 0.1) is 21.1 Å². The van der Waals surface area contributed by atoms with Gasteiger partial charge in [-0.25, -0.2) is 21.1 Å². The molecule has 0 aliphatic carbocycles. The first-order valence-electron chi connectivity index (χ1n) is 8.71. The number of carbonyl (C=O) groups is 1. The zero-order chi connectivity index (χ0) is 20.9. The molecule has 152 valence electrons. The summed E-state index contributed by atoms with van der Waals surface area (Å²) in [5.74, 6) is -0.528. The first-order valence-corrected chi connectivity index (χ1v) is 11.8. The molecule has 0 heterocycles. The van der Waals surface area contributed by atoms with Crippen LogP contribution in [0.5, 0.6) is 0 Å². The number of sulfonamides is 1. The molecular formula is C19H24N2O5S2. The van der Waals surface area contributed by atoms with Crippen LogP contribution in [-0.4, -0.2) is 46.9 Å². The van der Waals surface area contributed by atoms with Gasteiger partial charge in [0, 0.05) is 20.6 Å². The van der Waals surface area contributed by atoms with Crippen molar-refractivity contribution in [2.24, 2.45) is 0 Å². The minimum atomic E-state index is -3.53. The van der Waals surface area contributed by atoms with Crippen molar-refractivity contribution in [3.05, 3.63) is 59.7 Å². The highest BCUT2D eigenvalue weighted by atomic mass is 32.2. The van der Waals surface area contributed by atoms with Gasteiger partial charge in [-0.15, -0.1) is 0 Å². The minimum absolute atomic E-state index is 0.0155. The van der Waals surface area contributed by atoms with Gasteiger partial charge in [-0.3, -0.25) is 4.79 Å². The fourth-order valence-electron chi connectivity index (χ4n) is 2.57. The van der Waals surface area contributed by atoms with E-state index in [0.29, 0.717) is 12.0 Å². The normalized spacial score (nSPS) is 12.1. The number of amides is 1. The summed E-state index contributed by atoms with van der Waals surface area (Å²) in [4.78, 5) is 12.7. The summed E-state index contributed by atoms with van der Waals surface area (Å²) in [6.45, 7) is 1.91. The summed E-state index contributed by atoms with van der Waals surface area (Å²) in [6, 6.07) is 12.3. The SMILES string of the molecule is CCCS(=O)(=O)c1ccccc1C(=O)NCc1ccc(S(=O)(=O)N(C)C)cc1. The van der Waals surface area contributed by atoms with Crippen molar-refractivity contribution >= 4 is 25.8 Å². The van der Waals surface area contributed by atoms with Crippen molar-refractivity contribution in [3.8, 4) is 0 Å². The Balaban J connectivity index is 2.16. The van der Waals surface area contributed by atoms with Gasteiger partial charge in [0.1, 0.15) is 0 Å². The molecule has 0 bridgehead atoms. The van der Waals surface area contributed by atoms with Gasteiger partial charge in [-0.2, -0.15) is 0 Å². The molecule has 0 aliphatic heterocycles. The van der Waals surface area contributed by atoms with Crippen LogP contribution >= 0.6 is 0 Å². The van der Waals surface area contributed by atoms with Gasteiger partial charge in [-0.1, -0.05) is 31.2 Å². The second-order valence-corrected chi connectivity index (χ2v) is 10.7. The first-order chi connectivity index (χ1) is 13.1. The van der Waals surface area contributed by atoms with E-state index in [2.05, 4.69) is 5.32 Å². The van der Waals surface area contributed by atoms with E-state index in [9.17, 15) is 21.6 Å². The molecule has 0 spiro atoms. The van der Waals surface area contributed by atoms with E-state index in [4.69, 9.17) is 0 Å². The molecule has 0 unspecified atom stereocenters. The molecule has 2 rings (SSSR count). The highest BCUT2D eigenvalue weighted by Gasteiger charge is 2.21. The van der Waals surface area contributed by atoms with Gasteiger partial charge < -0.3 is 5.32 Å². The maximum absolute atomic E-state index is 12.5. The second-order valence-electron chi connectivity index (χ2n) is 6.43. The number of nitrogens with one attached hydrogen (secondary N) is 1. The molecule has 2 aromatic rings. The average Bonchev–Trinajstić information content (AvgIpc) is 2.66. The molecule has 7 nitrogen and oxygen atoms in total. The van der Waals surface area contributed by atoms with Gasteiger partial charge in [0.2, 0.25) is 10.0 Å². The number of carbonyl (C=O) groups excluding carboxylic acids is 1. The molecule has 0 saturated heterocycles. The molecule has 0 fully saturated rings. The fraction of sp³-hybridized carbons (Fsp3) is 0.316. The predicted octanol–water partition coefficient (Wildman–Crippen LogP) is 2.05. The van der Waals surface area contributed by atoms with Crippen LogP contribution in [0, 0.1) is 0 Å². The summed E-state index contributed by atoms with van der Waals surface area (Å²) < 4.78 is 50.0. The van der Waals surface area contributed by atoms with Crippen molar-refractivity contribution in [3.63, 3.8) is 0 Å². The number of hydrogen-bond donors (Lipinski definition) is 1. The molecule has 2 aromatic carbocycles. The van der Waals surface area contributed by atoms with E-state index >= 15 is 0 Å². The topological polar surface area (TPSA) is 101 Å². The lowest BCUT2D eigenvalue weighted by atomic mass is 10.2. The Hall–Kier alpha value is -2.23. The Labute approximate surface area is 166 Å². The van der Waals surface area contributed by atoms with Crippen LogP contribution in [0.2, 0.25) is 0 Å². The average molecular weight is 425 g/mol. The minimum Gasteiger partial charge on any atom is -0.348 e. The Morgan fingerprint density at radius 2 is 1.57 bits per heavy atom. The van der Waals surface area contributed by atoms with Crippen LogP contribution in [-0.2, 0) is 26.4 Å². The molecule has 0 aliphatic rings. The van der Waals surface area contributed by atoms with Crippen LogP contribution in [0.3, 0.4) is 0 Å². The van der Waals surface area contributed by atoms with E-state index in [-0.39, 0.29) is 27.7 Å². The van der Waals surface area contributed by atoms with Crippen LogP contribution in [0.4, 0.5) is 0 Å². The quantitative estimate of drug-likeness (QED) is 0.699.